The highest BCUT2D eigenvalue weighted by Gasteiger charge is 2.30. The van der Waals surface area contributed by atoms with E-state index >= 15 is 0 Å². The van der Waals surface area contributed by atoms with E-state index in [9.17, 15) is 9.18 Å². The molecule has 0 spiro atoms. The molecular weight excluding hydrogens is 255 g/mol. The highest BCUT2D eigenvalue weighted by molar-refractivity contribution is 5.98. The van der Waals surface area contributed by atoms with Crippen LogP contribution >= 0.6 is 0 Å². The Hall–Kier alpha value is -1.38. The predicted molar refractivity (Wildman–Crippen MR) is 77.6 cm³/mol. The molecule has 0 unspecified atom stereocenters. The summed E-state index contributed by atoms with van der Waals surface area (Å²) in [5.74, 6) is 0.890. The van der Waals surface area contributed by atoms with E-state index in [0.29, 0.717) is 11.8 Å². The third-order valence-corrected chi connectivity index (χ3v) is 4.53. The number of methoxy groups -OCH3 is 1. The summed E-state index contributed by atoms with van der Waals surface area (Å²) in [5.41, 5.74) is 0.178. The fourth-order valence-corrected chi connectivity index (χ4v) is 3.13. The van der Waals surface area contributed by atoms with Gasteiger partial charge in [-0.25, -0.2) is 4.39 Å². The van der Waals surface area contributed by atoms with Crippen molar-refractivity contribution in [3.05, 3.63) is 29.6 Å². The Labute approximate surface area is 120 Å². The van der Waals surface area contributed by atoms with Crippen molar-refractivity contribution in [2.24, 2.45) is 17.8 Å². The fourth-order valence-electron chi connectivity index (χ4n) is 3.13. The SMILES string of the molecule is COc1cccc(C(=O)C2CCC(C(C)C)CC2)c1F. The van der Waals surface area contributed by atoms with Gasteiger partial charge in [-0.15, -0.1) is 0 Å². The van der Waals surface area contributed by atoms with Crippen molar-refractivity contribution >= 4 is 5.78 Å². The Morgan fingerprint density at radius 1 is 1.25 bits per heavy atom. The van der Waals surface area contributed by atoms with Crippen molar-refractivity contribution in [2.75, 3.05) is 7.11 Å². The van der Waals surface area contributed by atoms with E-state index in [4.69, 9.17) is 4.74 Å². The van der Waals surface area contributed by atoms with Crippen LogP contribution in [0.2, 0.25) is 0 Å². The highest BCUT2D eigenvalue weighted by atomic mass is 19.1. The maximum absolute atomic E-state index is 14.1. The maximum Gasteiger partial charge on any atom is 0.175 e. The maximum atomic E-state index is 14.1. The lowest BCUT2D eigenvalue weighted by molar-refractivity contribution is 0.0854. The number of halogens is 1. The normalized spacial score (nSPS) is 22.9. The Balaban J connectivity index is 2.09. The number of ether oxygens (including phenoxy) is 1. The van der Waals surface area contributed by atoms with Gasteiger partial charge in [-0.2, -0.15) is 0 Å². The van der Waals surface area contributed by atoms with E-state index in [0.717, 1.165) is 25.7 Å². The Morgan fingerprint density at radius 3 is 2.45 bits per heavy atom. The van der Waals surface area contributed by atoms with Gasteiger partial charge >= 0.3 is 0 Å². The lowest BCUT2D eigenvalue weighted by Crippen LogP contribution is -2.24. The number of ketones is 1. The van der Waals surface area contributed by atoms with Gasteiger partial charge in [0.1, 0.15) is 0 Å². The Kier molecular flexibility index (Phi) is 4.79. The molecule has 20 heavy (non-hydrogen) atoms. The van der Waals surface area contributed by atoms with E-state index in [1.165, 1.54) is 7.11 Å². The molecular formula is C17H23FO2. The van der Waals surface area contributed by atoms with Crippen molar-refractivity contribution in [3.8, 4) is 5.75 Å². The lowest BCUT2D eigenvalue weighted by Gasteiger charge is -2.30. The minimum absolute atomic E-state index is 0.0355. The fraction of sp³-hybridized carbons (Fsp3) is 0.588. The standard InChI is InChI=1S/C17H23FO2/c1-11(2)12-7-9-13(10-8-12)17(19)14-5-4-6-15(20-3)16(14)18/h4-6,11-13H,7-10H2,1-3H3. The van der Waals surface area contributed by atoms with E-state index in [2.05, 4.69) is 13.8 Å². The molecule has 1 aliphatic rings. The summed E-state index contributed by atoms with van der Waals surface area (Å²) in [7, 11) is 1.42. The highest BCUT2D eigenvalue weighted by Crippen LogP contribution is 2.35. The molecule has 1 aliphatic carbocycles. The van der Waals surface area contributed by atoms with E-state index < -0.39 is 5.82 Å². The first kappa shape index (κ1) is 15.0. The minimum atomic E-state index is -0.522. The number of benzene rings is 1. The first-order chi connectivity index (χ1) is 9.54. The van der Waals surface area contributed by atoms with Crippen molar-refractivity contribution in [3.63, 3.8) is 0 Å². The van der Waals surface area contributed by atoms with Gasteiger partial charge in [0.15, 0.2) is 17.3 Å². The van der Waals surface area contributed by atoms with Crippen LogP contribution in [0.5, 0.6) is 5.75 Å². The second-order valence-corrected chi connectivity index (χ2v) is 6.04. The van der Waals surface area contributed by atoms with Gasteiger partial charge in [0, 0.05) is 5.92 Å². The van der Waals surface area contributed by atoms with Gasteiger partial charge < -0.3 is 4.74 Å². The summed E-state index contributed by atoms with van der Waals surface area (Å²) in [5, 5.41) is 0. The molecule has 0 bridgehead atoms. The number of carbonyl (C=O) groups excluding carboxylic acids is 1. The monoisotopic (exact) mass is 278 g/mol. The van der Waals surface area contributed by atoms with E-state index in [1.807, 2.05) is 0 Å². The molecule has 0 amide bonds. The van der Waals surface area contributed by atoms with Crippen LogP contribution in [0, 0.1) is 23.6 Å². The molecule has 0 saturated heterocycles. The van der Waals surface area contributed by atoms with Crippen molar-refractivity contribution in [1.29, 1.82) is 0 Å². The minimum Gasteiger partial charge on any atom is -0.494 e. The molecule has 1 saturated carbocycles. The summed E-state index contributed by atoms with van der Waals surface area (Å²) in [6.45, 7) is 4.46. The summed E-state index contributed by atoms with van der Waals surface area (Å²) < 4.78 is 19.1. The molecule has 0 radical (unpaired) electrons. The summed E-state index contributed by atoms with van der Waals surface area (Å²) in [6.07, 6.45) is 3.88. The third-order valence-electron chi connectivity index (χ3n) is 4.53. The van der Waals surface area contributed by atoms with E-state index in [-0.39, 0.29) is 23.0 Å². The van der Waals surface area contributed by atoms with Crippen molar-refractivity contribution in [1.82, 2.24) is 0 Å². The Bertz CT molecular complexity index is 474. The first-order valence-electron chi connectivity index (χ1n) is 7.41. The predicted octanol–water partition coefficient (Wildman–Crippen LogP) is 4.48. The van der Waals surface area contributed by atoms with Crippen LogP contribution in [0.25, 0.3) is 0 Å². The molecule has 1 aromatic carbocycles. The van der Waals surface area contributed by atoms with Crippen molar-refractivity contribution in [2.45, 2.75) is 39.5 Å². The summed E-state index contributed by atoms with van der Waals surface area (Å²) in [4.78, 5) is 12.5. The number of Topliss-reactive ketones (excluding diaryl/α,β-unsaturated/α-hetero) is 1. The second kappa shape index (κ2) is 6.38. The van der Waals surface area contributed by atoms with Gasteiger partial charge in [0.2, 0.25) is 0 Å². The zero-order chi connectivity index (χ0) is 14.7. The lowest BCUT2D eigenvalue weighted by atomic mass is 9.75. The number of carbonyl (C=O) groups is 1. The molecule has 0 aliphatic heterocycles. The smallest absolute Gasteiger partial charge is 0.175 e. The molecule has 1 fully saturated rings. The van der Waals surface area contributed by atoms with Crippen molar-refractivity contribution < 1.29 is 13.9 Å². The molecule has 2 rings (SSSR count). The number of rotatable bonds is 4. The summed E-state index contributed by atoms with van der Waals surface area (Å²) in [6, 6.07) is 4.78. The van der Waals surface area contributed by atoms with Crippen LogP contribution in [0.4, 0.5) is 4.39 Å². The van der Waals surface area contributed by atoms with E-state index in [1.54, 1.807) is 18.2 Å². The average Bonchev–Trinajstić information content (AvgIpc) is 2.47. The third kappa shape index (κ3) is 3.02. The number of hydrogen-bond donors (Lipinski definition) is 0. The van der Waals surface area contributed by atoms with Crippen LogP contribution in [0.3, 0.4) is 0 Å². The molecule has 0 atom stereocenters. The van der Waals surface area contributed by atoms with Gasteiger partial charge in [0.25, 0.3) is 0 Å². The molecule has 110 valence electrons. The quantitative estimate of drug-likeness (QED) is 0.759. The second-order valence-electron chi connectivity index (χ2n) is 6.04. The topological polar surface area (TPSA) is 26.3 Å². The number of hydrogen-bond acceptors (Lipinski definition) is 2. The van der Waals surface area contributed by atoms with Crippen LogP contribution in [-0.4, -0.2) is 12.9 Å². The molecule has 0 aromatic heterocycles. The van der Waals surface area contributed by atoms with Gasteiger partial charge in [-0.05, 0) is 49.7 Å². The van der Waals surface area contributed by atoms with Crippen LogP contribution < -0.4 is 4.74 Å². The van der Waals surface area contributed by atoms with Crippen LogP contribution in [0.1, 0.15) is 49.9 Å². The summed E-state index contributed by atoms with van der Waals surface area (Å²) >= 11 is 0. The van der Waals surface area contributed by atoms with Gasteiger partial charge in [0.05, 0.1) is 12.7 Å². The molecule has 3 heteroatoms. The van der Waals surface area contributed by atoms with Crippen LogP contribution in [0.15, 0.2) is 18.2 Å². The Morgan fingerprint density at radius 2 is 1.90 bits per heavy atom. The average molecular weight is 278 g/mol. The molecule has 2 nitrogen and oxygen atoms in total. The molecule has 1 aromatic rings. The van der Waals surface area contributed by atoms with Gasteiger partial charge in [-0.3, -0.25) is 4.79 Å². The molecule has 0 heterocycles. The van der Waals surface area contributed by atoms with Gasteiger partial charge in [-0.1, -0.05) is 19.9 Å². The zero-order valence-corrected chi connectivity index (χ0v) is 12.5. The first-order valence-corrected chi connectivity index (χ1v) is 7.41. The largest absolute Gasteiger partial charge is 0.494 e. The van der Waals surface area contributed by atoms with Crippen LogP contribution in [-0.2, 0) is 0 Å². The zero-order valence-electron chi connectivity index (χ0n) is 12.5. The molecule has 0 N–H and O–H groups in total.